The van der Waals surface area contributed by atoms with Gasteiger partial charge in [-0.15, -0.1) is 0 Å². The second-order valence-electron chi connectivity index (χ2n) is 7.50. The summed E-state index contributed by atoms with van der Waals surface area (Å²) in [7, 11) is -8.00. The van der Waals surface area contributed by atoms with E-state index in [-0.39, 0.29) is 30.2 Å². The molecular weight excluding hydrogens is 461 g/mol. The smallest absolute Gasteiger partial charge is 0.395 e. The van der Waals surface area contributed by atoms with E-state index >= 15 is 0 Å². The average molecular weight is 483 g/mol. The van der Waals surface area contributed by atoms with Crippen LogP contribution in [0.15, 0.2) is 40.3 Å². The summed E-state index contributed by atoms with van der Waals surface area (Å²) in [6, 6.07) is 4.78. The molecule has 2 unspecified atom stereocenters. The Morgan fingerprint density at radius 3 is 2.61 bits per heavy atom. The summed E-state index contributed by atoms with van der Waals surface area (Å²) < 4.78 is 93.8. The molecule has 0 spiro atoms. The number of hydrogen-bond acceptors (Lipinski definition) is 7. The molecule has 2 atom stereocenters. The molecule has 1 aliphatic rings. The van der Waals surface area contributed by atoms with E-state index in [4.69, 9.17) is 9.84 Å². The maximum absolute atomic E-state index is 13.2. The van der Waals surface area contributed by atoms with E-state index in [1.54, 1.807) is 0 Å². The number of benzene rings is 1. The van der Waals surface area contributed by atoms with Crippen LogP contribution in [0.5, 0.6) is 0 Å². The molecule has 8 nitrogen and oxygen atoms in total. The van der Waals surface area contributed by atoms with E-state index in [1.807, 2.05) is 0 Å². The fourth-order valence-corrected chi connectivity index (χ4v) is 6.18. The molecule has 1 aromatic heterocycles. The maximum atomic E-state index is 13.2. The first-order valence-electron chi connectivity index (χ1n) is 9.23. The molecule has 0 amide bonds. The fraction of sp³-hybridized carbons (Fsp3) is 0.500. The number of aliphatic hydroxyl groups is 1. The zero-order valence-corrected chi connectivity index (χ0v) is 18.0. The predicted molar refractivity (Wildman–Crippen MR) is 103 cm³/mol. The molecule has 0 saturated carbocycles. The third kappa shape index (κ3) is 4.64. The molecule has 2 aromatic rings. The van der Waals surface area contributed by atoms with E-state index in [2.05, 4.69) is 10.2 Å². The Kier molecular flexibility index (Phi) is 6.26. The number of halogens is 3. The quantitative estimate of drug-likeness (QED) is 0.647. The number of alkyl halides is 3. The van der Waals surface area contributed by atoms with Crippen LogP contribution in [0.25, 0.3) is 0 Å². The highest BCUT2D eigenvalue weighted by molar-refractivity contribution is 7.92. The van der Waals surface area contributed by atoms with Gasteiger partial charge in [-0.25, -0.2) is 16.8 Å². The van der Waals surface area contributed by atoms with Crippen molar-refractivity contribution < 1.29 is 39.9 Å². The highest BCUT2D eigenvalue weighted by Crippen LogP contribution is 2.42. The van der Waals surface area contributed by atoms with Gasteiger partial charge in [0.2, 0.25) is 0 Å². The number of hydrogen-bond donors (Lipinski definition) is 2. The van der Waals surface area contributed by atoms with Crippen molar-refractivity contribution in [3.8, 4) is 0 Å². The lowest BCUT2D eigenvalue weighted by atomic mass is 9.95. The Bertz CT molecular complexity index is 1160. The first-order chi connectivity index (χ1) is 14.3. The third-order valence-corrected chi connectivity index (χ3v) is 9.40. The van der Waals surface area contributed by atoms with Crippen molar-refractivity contribution in [2.75, 3.05) is 19.0 Å². The lowest BCUT2D eigenvalue weighted by Crippen LogP contribution is -2.42. The molecule has 1 aromatic carbocycles. The molecule has 1 fully saturated rings. The van der Waals surface area contributed by atoms with Gasteiger partial charge in [-0.3, -0.25) is 5.10 Å². The van der Waals surface area contributed by atoms with Crippen LogP contribution in [0.3, 0.4) is 0 Å². The summed E-state index contributed by atoms with van der Waals surface area (Å²) in [5, 5.41) is 14.8. The van der Waals surface area contributed by atoms with E-state index in [9.17, 15) is 30.0 Å². The summed E-state index contributed by atoms with van der Waals surface area (Å²) in [6.45, 7) is 0.840. The molecule has 172 valence electrons. The minimum Gasteiger partial charge on any atom is -0.395 e. The largest absolute Gasteiger partial charge is 0.416 e. The fourth-order valence-electron chi connectivity index (χ4n) is 3.40. The van der Waals surface area contributed by atoms with Crippen molar-refractivity contribution in [3.05, 3.63) is 41.6 Å². The highest BCUT2D eigenvalue weighted by Gasteiger charge is 2.46. The van der Waals surface area contributed by atoms with Gasteiger partial charge in [-0.1, -0.05) is 6.07 Å². The van der Waals surface area contributed by atoms with Gasteiger partial charge in [-0.2, -0.15) is 18.3 Å². The molecule has 3 rings (SSSR count). The third-order valence-electron chi connectivity index (χ3n) is 5.29. The van der Waals surface area contributed by atoms with Crippen molar-refractivity contribution >= 4 is 19.7 Å². The van der Waals surface area contributed by atoms with E-state index < -0.39 is 59.5 Å². The number of H-pyrrole nitrogens is 1. The molecule has 2 N–H and O–H groups in total. The van der Waals surface area contributed by atoms with Crippen molar-refractivity contribution in [2.45, 2.75) is 46.7 Å². The van der Waals surface area contributed by atoms with Crippen LogP contribution < -0.4 is 0 Å². The van der Waals surface area contributed by atoms with Gasteiger partial charge in [0.1, 0.15) is 6.10 Å². The molecule has 2 heterocycles. The Hall–Kier alpha value is -1.96. The zero-order valence-electron chi connectivity index (χ0n) is 16.4. The molecule has 1 saturated heterocycles. The van der Waals surface area contributed by atoms with Crippen molar-refractivity contribution in [1.82, 2.24) is 10.2 Å². The van der Waals surface area contributed by atoms with Crippen molar-refractivity contribution in [2.24, 2.45) is 0 Å². The minimum absolute atomic E-state index is 0.00288. The van der Waals surface area contributed by atoms with Gasteiger partial charge in [0.05, 0.1) is 33.3 Å². The van der Waals surface area contributed by atoms with Gasteiger partial charge in [0, 0.05) is 12.7 Å². The lowest BCUT2D eigenvalue weighted by Gasteiger charge is -2.37. The Morgan fingerprint density at radius 2 is 1.97 bits per heavy atom. The Morgan fingerprint density at radius 1 is 1.26 bits per heavy atom. The molecule has 31 heavy (non-hydrogen) atoms. The van der Waals surface area contributed by atoms with Crippen molar-refractivity contribution in [1.29, 1.82) is 0 Å². The number of aromatic nitrogens is 2. The maximum Gasteiger partial charge on any atom is 0.416 e. The van der Waals surface area contributed by atoms with Crippen LogP contribution in [0.1, 0.15) is 37.1 Å². The second kappa shape index (κ2) is 8.19. The first-order valence-corrected chi connectivity index (χ1v) is 12.4. The van der Waals surface area contributed by atoms with Crippen LogP contribution in [-0.4, -0.2) is 55.9 Å². The molecule has 1 aliphatic heterocycles. The number of nitrogens with zero attached hydrogens (tertiary/aromatic N) is 1. The molecular formula is C18H21F3N2O6S2. The van der Waals surface area contributed by atoms with E-state index in [1.165, 1.54) is 13.0 Å². The van der Waals surface area contributed by atoms with Gasteiger partial charge in [0.25, 0.3) is 0 Å². The van der Waals surface area contributed by atoms with Gasteiger partial charge in [0.15, 0.2) is 24.7 Å². The molecule has 0 radical (unpaired) electrons. The molecule has 0 aliphatic carbocycles. The molecule has 13 heteroatoms. The first kappa shape index (κ1) is 23.7. The SMILES string of the molecule is CC1(S(=O)(=O)c2cccc(C(F)(F)F)c2)CCOC(c2cc(S(=O)(=O)CCO)n[nH]2)C1. The van der Waals surface area contributed by atoms with Crippen LogP contribution in [0, 0.1) is 0 Å². The van der Waals surface area contributed by atoms with E-state index in [0.29, 0.717) is 6.07 Å². The lowest BCUT2D eigenvalue weighted by molar-refractivity contribution is -0.137. The second-order valence-corrected chi connectivity index (χ2v) is 12.0. The van der Waals surface area contributed by atoms with E-state index in [0.717, 1.165) is 18.2 Å². The normalized spacial score (nSPS) is 23.1. The Balaban J connectivity index is 1.91. The van der Waals surface area contributed by atoms with Gasteiger partial charge >= 0.3 is 6.18 Å². The van der Waals surface area contributed by atoms with Crippen LogP contribution in [0.4, 0.5) is 13.2 Å². The summed E-state index contributed by atoms with van der Waals surface area (Å²) >= 11 is 0. The number of aromatic amines is 1. The van der Waals surface area contributed by atoms with Crippen LogP contribution in [0.2, 0.25) is 0 Å². The summed E-state index contributed by atoms with van der Waals surface area (Å²) in [6.07, 6.45) is -5.61. The number of nitrogens with one attached hydrogen (secondary N) is 1. The predicted octanol–water partition coefficient (Wildman–Crippen LogP) is 2.28. The topological polar surface area (TPSA) is 126 Å². The number of rotatable bonds is 6. The number of sulfone groups is 2. The molecule has 0 bridgehead atoms. The average Bonchev–Trinajstić information content (AvgIpc) is 3.19. The van der Waals surface area contributed by atoms with Crippen molar-refractivity contribution in [3.63, 3.8) is 0 Å². The summed E-state index contributed by atoms with van der Waals surface area (Å²) in [4.78, 5) is -0.443. The summed E-state index contributed by atoms with van der Waals surface area (Å²) in [5.74, 6) is -0.523. The Labute approximate surface area is 177 Å². The van der Waals surface area contributed by atoms with Crippen LogP contribution in [-0.2, 0) is 30.6 Å². The zero-order chi connectivity index (χ0) is 23.1. The summed E-state index contributed by atoms with van der Waals surface area (Å²) in [5.41, 5.74) is -0.838. The highest BCUT2D eigenvalue weighted by atomic mass is 32.2. The monoisotopic (exact) mass is 482 g/mol. The minimum atomic E-state index is -4.68. The van der Waals surface area contributed by atoms with Gasteiger partial charge in [-0.05, 0) is 38.0 Å². The number of ether oxygens (including phenoxy) is 1. The van der Waals surface area contributed by atoms with Gasteiger partial charge < -0.3 is 9.84 Å². The standard InChI is InChI=1S/C18H21F3N2O6S2/c1-17(31(27,28)13-4-2-3-12(9-13)18(19,20)21)5-7-29-15(11-17)14-10-16(23-22-14)30(25,26)8-6-24/h2-4,9-10,15,24H,5-8,11H2,1H3,(H,22,23). The van der Waals surface area contributed by atoms with Crippen LogP contribution >= 0.6 is 0 Å². The number of aliphatic hydroxyl groups excluding tert-OH is 1.